The smallest absolute Gasteiger partial charge is 0.256 e. The zero-order valence-electron chi connectivity index (χ0n) is 11.3. The van der Waals surface area contributed by atoms with Crippen LogP contribution >= 0.6 is 0 Å². The van der Waals surface area contributed by atoms with E-state index in [-0.39, 0.29) is 18.6 Å². The molecule has 104 valence electrons. The van der Waals surface area contributed by atoms with Crippen LogP contribution in [0.4, 0.5) is 5.69 Å². The third-order valence-electron chi connectivity index (χ3n) is 3.65. The molecule has 1 aliphatic rings. The highest BCUT2D eigenvalue weighted by molar-refractivity contribution is 5.99. The highest BCUT2D eigenvalue weighted by Gasteiger charge is 2.29. The summed E-state index contributed by atoms with van der Waals surface area (Å²) in [6, 6.07) is 2.02. The normalized spacial score (nSPS) is 18.6. The number of aromatic nitrogens is 1. The molecule has 0 aromatic carbocycles. The number of aliphatic hydroxyl groups is 1. The van der Waals surface area contributed by atoms with Crippen molar-refractivity contribution in [2.24, 2.45) is 0 Å². The minimum Gasteiger partial charge on any atom is -0.396 e. The second kappa shape index (κ2) is 6.52. The highest BCUT2D eigenvalue weighted by Crippen LogP contribution is 2.25. The Kier molecular flexibility index (Phi) is 4.74. The van der Waals surface area contributed by atoms with Gasteiger partial charge < -0.3 is 15.3 Å². The van der Waals surface area contributed by atoms with Crippen molar-refractivity contribution in [2.45, 2.75) is 31.7 Å². The Balaban J connectivity index is 2.13. The monoisotopic (exact) mass is 263 g/mol. The molecule has 0 bridgehead atoms. The molecule has 0 aliphatic carbocycles. The van der Waals surface area contributed by atoms with Gasteiger partial charge in [0.1, 0.15) is 0 Å². The van der Waals surface area contributed by atoms with Gasteiger partial charge in [0.15, 0.2) is 0 Å². The molecule has 1 amide bonds. The molecule has 1 saturated heterocycles. The number of hydrogen-bond acceptors (Lipinski definition) is 4. The number of rotatable bonds is 5. The number of hydrogen-bond donors (Lipinski definition) is 2. The number of nitrogens with one attached hydrogen (secondary N) is 1. The van der Waals surface area contributed by atoms with Crippen molar-refractivity contribution < 1.29 is 9.90 Å². The largest absolute Gasteiger partial charge is 0.396 e. The third-order valence-corrected chi connectivity index (χ3v) is 3.65. The van der Waals surface area contributed by atoms with E-state index in [9.17, 15) is 4.79 Å². The van der Waals surface area contributed by atoms with Gasteiger partial charge in [-0.15, -0.1) is 0 Å². The maximum Gasteiger partial charge on any atom is 0.256 e. The Morgan fingerprint density at radius 2 is 2.47 bits per heavy atom. The number of amides is 1. The van der Waals surface area contributed by atoms with Crippen LogP contribution in [0.5, 0.6) is 0 Å². The average molecular weight is 263 g/mol. The molecule has 2 rings (SSSR count). The zero-order valence-corrected chi connectivity index (χ0v) is 11.3. The van der Waals surface area contributed by atoms with Gasteiger partial charge in [-0.3, -0.25) is 9.78 Å². The summed E-state index contributed by atoms with van der Waals surface area (Å²) in [5, 5.41) is 11.9. The van der Waals surface area contributed by atoms with E-state index in [1.54, 1.807) is 25.5 Å². The molecule has 0 spiro atoms. The molecule has 2 N–H and O–H groups in total. The summed E-state index contributed by atoms with van der Waals surface area (Å²) in [4.78, 5) is 18.6. The van der Waals surface area contributed by atoms with Gasteiger partial charge >= 0.3 is 0 Å². The number of anilines is 1. The molecule has 1 aliphatic heterocycles. The van der Waals surface area contributed by atoms with Crippen LogP contribution in [0.2, 0.25) is 0 Å². The maximum atomic E-state index is 12.6. The second-order valence-electron chi connectivity index (χ2n) is 4.83. The van der Waals surface area contributed by atoms with Gasteiger partial charge in [-0.2, -0.15) is 0 Å². The summed E-state index contributed by atoms with van der Waals surface area (Å²) in [6.45, 7) is 0.996. The van der Waals surface area contributed by atoms with Crippen LogP contribution in [0, 0.1) is 0 Å². The van der Waals surface area contributed by atoms with Crippen molar-refractivity contribution in [2.75, 3.05) is 25.5 Å². The number of nitrogens with zero attached hydrogens (tertiary/aromatic N) is 2. The lowest BCUT2D eigenvalue weighted by Crippen LogP contribution is -2.36. The minimum absolute atomic E-state index is 0.0622. The second-order valence-corrected chi connectivity index (χ2v) is 4.83. The average Bonchev–Trinajstić information content (AvgIpc) is 2.92. The van der Waals surface area contributed by atoms with Gasteiger partial charge in [-0.1, -0.05) is 0 Å². The molecule has 2 heterocycles. The zero-order chi connectivity index (χ0) is 13.7. The van der Waals surface area contributed by atoms with E-state index in [2.05, 4.69) is 10.3 Å². The molecular weight excluding hydrogens is 242 g/mol. The van der Waals surface area contributed by atoms with Crippen LogP contribution < -0.4 is 5.32 Å². The van der Waals surface area contributed by atoms with Crippen molar-refractivity contribution in [3.8, 4) is 0 Å². The van der Waals surface area contributed by atoms with E-state index in [0.717, 1.165) is 37.9 Å². The molecule has 5 heteroatoms. The topological polar surface area (TPSA) is 65.5 Å². The van der Waals surface area contributed by atoms with E-state index in [1.165, 1.54) is 0 Å². The predicted molar refractivity (Wildman–Crippen MR) is 74.2 cm³/mol. The fourth-order valence-corrected chi connectivity index (χ4v) is 2.67. The van der Waals surface area contributed by atoms with Gasteiger partial charge in [0, 0.05) is 32.4 Å². The van der Waals surface area contributed by atoms with E-state index in [0.29, 0.717) is 5.56 Å². The van der Waals surface area contributed by atoms with Crippen LogP contribution in [-0.2, 0) is 0 Å². The fraction of sp³-hybridized carbons (Fsp3) is 0.571. The SMILES string of the molecule is CNc1cnccc1C(=O)N1CCCC1CCCO. The predicted octanol–water partition coefficient (Wildman–Crippen LogP) is 1.50. The third kappa shape index (κ3) is 3.04. The molecule has 1 aromatic rings. The number of pyridine rings is 1. The molecule has 5 nitrogen and oxygen atoms in total. The Bertz CT molecular complexity index is 436. The van der Waals surface area contributed by atoms with Gasteiger partial charge in [0.2, 0.25) is 0 Å². The van der Waals surface area contributed by atoms with Crippen LogP contribution in [0.25, 0.3) is 0 Å². The number of likely N-dealkylation sites (tertiary alicyclic amines) is 1. The molecular formula is C14H21N3O2. The van der Waals surface area contributed by atoms with Gasteiger partial charge in [-0.05, 0) is 31.7 Å². The summed E-state index contributed by atoms with van der Waals surface area (Å²) >= 11 is 0. The Morgan fingerprint density at radius 1 is 1.63 bits per heavy atom. The Hall–Kier alpha value is -1.62. The molecule has 1 atom stereocenters. The van der Waals surface area contributed by atoms with Crippen molar-refractivity contribution in [3.63, 3.8) is 0 Å². The Morgan fingerprint density at radius 3 is 3.21 bits per heavy atom. The van der Waals surface area contributed by atoms with Crippen LogP contribution in [-0.4, -0.2) is 47.1 Å². The van der Waals surface area contributed by atoms with Gasteiger partial charge in [-0.25, -0.2) is 0 Å². The molecule has 0 radical (unpaired) electrons. The first-order valence-electron chi connectivity index (χ1n) is 6.81. The standard InChI is InChI=1S/C14H21N3O2/c1-15-13-10-16-7-6-12(13)14(19)17-8-2-4-11(17)5-3-9-18/h6-7,10-11,15,18H,2-5,8-9H2,1H3. The van der Waals surface area contributed by atoms with Crippen LogP contribution in [0.15, 0.2) is 18.5 Å². The highest BCUT2D eigenvalue weighted by atomic mass is 16.3. The molecule has 1 fully saturated rings. The summed E-state index contributed by atoms with van der Waals surface area (Å²) in [6.07, 6.45) is 7.03. The van der Waals surface area contributed by atoms with Crippen LogP contribution in [0.1, 0.15) is 36.0 Å². The number of aliphatic hydroxyl groups excluding tert-OH is 1. The van der Waals surface area contributed by atoms with Crippen molar-refractivity contribution >= 4 is 11.6 Å². The number of carbonyl (C=O) groups excluding carboxylic acids is 1. The fourth-order valence-electron chi connectivity index (χ4n) is 2.67. The summed E-state index contributed by atoms with van der Waals surface area (Å²) in [5.41, 5.74) is 1.44. The van der Waals surface area contributed by atoms with E-state index in [1.807, 2.05) is 4.90 Å². The van der Waals surface area contributed by atoms with Gasteiger partial charge in [0.25, 0.3) is 5.91 Å². The van der Waals surface area contributed by atoms with Crippen molar-refractivity contribution in [3.05, 3.63) is 24.0 Å². The van der Waals surface area contributed by atoms with E-state index >= 15 is 0 Å². The minimum atomic E-state index is 0.0622. The summed E-state index contributed by atoms with van der Waals surface area (Å²) in [7, 11) is 1.79. The number of carbonyl (C=O) groups is 1. The molecule has 1 aromatic heterocycles. The van der Waals surface area contributed by atoms with Crippen molar-refractivity contribution in [1.82, 2.24) is 9.88 Å². The molecule has 1 unspecified atom stereocenters. The van der Waals surface area contributed by atoms with Gasteiger partial charge in [0.05, 0.1) is 17.4 Å². The van der Waals surface area contributed by atoms with Crippen molar-refractivity contribution in [1.29, 1.82) is 0 Å². The van der Waals surface area contributed by atoms with E-state index < -0.39 is 0 Å². The molecule has 19 heavy (non-hydrogen) atoms. The summed E-state index contributed by atoms with van der Waals surface area (Å²) in [5.74, 6) is 0.0622. The Labute approximate surface area is 113 Å². The quantitative estimate of drug-likeness (QED) is 0.845. The van der Waals surface area contributed by atoms with E-state index in [4.69, 9.17) is 5.11 Å². The summed E-state index contributed by atoms with van der Waals surface area (Å²) < 4.78 is 0. The van der Waals surface area contributed by atoms with Crippen LogP contribution in [0.3, 0.4) is 0 Å². The lowest BCUT2D eigenvalue weighted by molar-refractivity contribution is 0.0725. The first-order valence-corrected chi connectivity index (χ1v) is 6.81. The molecule has 0 saturated carbocycles. The first kappa shape index (κ1) is 13.8. The lowest BCUT2D eigenvalue weighted by Gasteiger charge is -2.25. The lowest BCUT2D eigenvalue weighted by atomic mass is 10.1. The maximum absolute atomic E-state index is 12.6. The first-order chi connectivity index (χ1) is 9.27.